The maximum Gasteiger partial charge on any atom is 0.325 e. The fourth-order valence-corrected chi connectivity index (χ4v) is 7.22. The van der Waals surface area contributed by atoms with Crippen LogP contribution < -0.4 is 11.1 Å². The zero-order chi connectivity index (χ0) is 24.6. The highest BCUT2D eigenvalue weighted by atomic mass is 35.5. The fraction of sp³-hybridized carbons (Fsp3) is 0.381. The van der Waals surface area contributed by atoms with Gasteiger partial charge in [-0.05, 0) is 49.1 Å². The van der Waals surface area contributed by atoms with Gasteiger partial charge in [0.2, 0.25) is 10.0 Å². The molecule has 1 fully saturated rings. The number of aryl methyl sites for hydroxylation is 1. The number of hydrogen-bond acceptors (Lipinski definition) is 8. The third-order valence-electron chi connectivity index (χ3n) is 5.69. The van der Waals surface area contributed by atoms with Crippen molar-refractivity contribution >= 4 is 55.7 Å². The second-order valence-corrected chi connectivity index (χ2v) is 11.4. The molecule has 1 aliphatic carbocycles. The Kier molecular flexibility index (Phi) is 6.97. The number of nitrogens with two attached hydrogens (primary N) is 1. The summed E-state index contributed by atoms with van der Waals surface area (Å²) >= 11 is 7.08. The number of carbonyl (C=O) groups is 3. The summed E-state index contributed by atoms with van der Waals surface area (Å²) in [6.07, 6.45) is 1.18. The Morgan fingerprint density at radius 1 is 1.24 bits per heavy atom. The van der Waals surface area contributed by atoms with Gasteiger partial charge in [-0.25, -0.2) is 8.42 Å². The predicted octanol–water partition coefficient (Wildman–Crippen LogP) is 1.29. The molecule has 2 heterocycles. The van der Waals surface area contributed by atoms with Crippen LogP contribution in [0.3, 0.4) is 0 Å². The third kappa shape index (κ3) is 4.82. The van der Waals surface area contributed by atoms with E-state index in [9.17, 15) is 27.9 Å². The van der Waals surface area contributed by atoms with Gasteiger partial charge in [0.25, 0.3) is 11.8 Å². The summed E-state index contributed by atoms with van der Waals surface area (Å²) in [5.41, 5.74) is 6.59. The number of ether oxygens (including phenoxy) is 1. The monoisotopic (exact) mass is 527 g/mol. The van der Waals surface area contributed by atoms with E-state index in [4.69, 9.17) is 22.1 Å². The van der Waals surface area contributed by atoms with Crippen molar-refractivity contribution in [3.8, 4) is 0 Å². The Labute approximate surface area is 204 Å². The van der Waals surface area contributed by atoms with Crippen LogP contribution in [-0.4, -0.2) is 60.9 Å². The van der Waals surface area contributed by atoms with E-state index in [1.165, 1.54) is 35.6 Å². The smallest absolute Gasteiger partial charge is 0.325 e. The molecule has 182 valence electrons. The van der Waals surface area contributed by atoms with Gasteiger partial charge < -0.3 is 20.9 Å². The van der Waals surface area contributed by atoms with Crippen LogP contribution >= 0.6 is 22.9 Å². The zero-order valence-electron chi connectivity index (χ0n) is 17.8. The highest BCUT2D eigenvalue weighted by Gasteiger charge is 2.44. The molecule has 10 nitrogen and oxygen atoms in total. The van der Waals surface area contributed by atoms with Crippen LogP contribution in [0, 0.1) is 0 Å². The minimum Gasteiger partial charge on any atom is -0.454 e. The van der Waals surface area contributed by atoms with E-state index >= 15 is 0 Å². The number of β-amino-alcohol motifs (C(OH)–C–C–N with tert-alkyl or cyclic N) is 1. The van der Waals surface area contributed by atoms with Gasteiger partial charge in [0.15, 0.2) is 6.61 Å². The lowest BCUT2D eigenvalue weighted by atomic mass is 10.1. The molecule has 2 atom stereocenters. The topological polar surface area (TPSA) is 156 Å². The van der Waals surface area contributed by atoms with Crippen molar-refractivity contribution in [1.29, 1.82) is 0 Å². The van der Waals surface area contributed by atoms with Crippen molar-refractivity contribution in [2.75, 3.05) is 18.5 Å². The first-order valence-corrected chi connectivity index (χ1v) is 13.1. The van der Waals surface area contributed by atoms with Gasteiger partial charge in [-0.3, -0.25) is 14.4 Å². The average molecular weight is 528 g/mol. The number of hydrogen-bond donors (Lipinski definition) is 3. The summed E-state index contributed by atoms with van der Waals surface area (Å²) in [5.74, 6) is -2.30. The van der Waals surface area contributed by atoms with E-state index in [0.29, 0.717) is 16.4 Å². The Hall–Kier alpha value is -2.51. The Balaban J connectivity index is 1.42. The van der Waals surface area contributed by atoms with E-state index in [2.05, 4.69) is 5.32 Å². The molecule has 0 radical (unpaired) electrons. The SMILES string of the molecule is NC(=O)c1c(NC(=O)COC(=O)C2CC(O)CN2S(=O)(=O)c2ccc(Cl)cc2)sc2c1CCC2. The van der Waals surface area contributed by atoms with Gasteiger partial charge in [-0.1, -0.05) is 11.6 Å². The summed E-state index contributed by atoms with van der Waals surface area (Å²) in [7, 11) is -4.12. The number of sulfonamides is 1. The molecular weight excluding hydrogens is 506 g/mol. The zero-order valence-corrected chi connectivity index (χ0v) is 20.2. The highest BCUT2D eigenvalue weighted by molar-refractivity contribution is 7.89. The molecule has 2 amide bonds. The lowest BCUT2D eigenvalue weighted by Crippen LogP contribution is -2.42. The molecule has 2 aliphatic rings. The predicted molar refractivity (Wildman–Crippen MR) is 124 cm³/mol. The summed E-state index contributed by atoms with van der Waals surface area (Å²) in [5, 5.41) is 13.2. The molecular formula is C21H22ClN3O7S2. The molecule has 34 heavy (non-hydrogen) atoms. The van der Waals surface area contributed by atoms with Crippen LogP contribution in [0.4, 0.5) is 5.00 Å². The second kappa shape index (κ2) is 9.62. The number of aliphatic hydroxyl groups is 1. The van der Waals surface area contributed by atoms with Crippen molar-refractivity contribution < 1.29 is 32.6 Å². The summed E-state index contributed by atoms with van der Waals surface area (Å²) in [6.45, 7) is -0.985. The van der Waals surface area contributed by atoms with Gasteiger partial charge in [-0.2, -0.15) is 4.31 Å². The number of nitrogens with one attached hydrogen (secondary N) is 1. The Bertz CT molecular complexity index is 1240. The van der Waals surface area contributed by atoms with E-state index in [0.717, 1.165) is 27.6 Å². The molecule has 2 unspecified atom stereocenters. The van der Waals surface area contributed by atoms with Crippen molar-refractivity contribution in [2.24, 2.45) is 5.73 Å². The summed E-state index contributed by atoms with van der Waals surface area (Å²) in [4.78, 5) is 37.8. The molecule has 0 bridgehead atoms. The maximum atomic E-state index is 13.0. The van der Waals surface area contributed by atoms with Crippen molar-refractivity contribution in [1.82, 2.24) is 4.31 Å². The largest absolute Gasteiger partial charge is 0.454 e. The number of nitrogens with zero attached hydrogens (tertiary/aromatic N) is 1. The molecule has 1 aromatic carbocycles. The maximum absolute atomic E-state index is 13.0. The third-order valence-corrected chi connectivity index (χ3v) is 9.04. The van der Waals surface area contributed by atoms with Crippen LogP contribution in [0.2, 0.25) is 5.02 Å². The summed E-state index contributed by atoms with van der Waals surface area (Å²) in [6, 6.07) is 4.11. The van der Waals surface area contributed by atoms with E-state index in [1.807, 2.05) is 0 Å². The van der Waals surface area contributed by atoms with Crippen LogP contribution in [-0.2, 0) is 37.2 Å². The van der Waals surface area contributed by atoms with Crippen LogP contribution in [0.25, 0.3) is 0 Å². The molecule has 1 aliphatic heterocycles. The van der Waals surface area contributed by atoms with E-state index in [1.54, 1.807) is 0 Å². The van der Waals surface area contributed by atoms with Crippen LogP contribution in [0.1, 0.15) is 33.6 Å². The van der Waals surface area contributed by atoms with Crippen molar-refractivity contribution in [3.05, 3.63) is 45.3 Å². The van der Waals surface area contributed by atoms with E-state index in [-0.39, 0.29) is 23.4 Å². The summed E-state index contributed by atoms with van der Waals surface area (Å²) < 4.78 is 31.9. The van der Waals surface area contributed by atoms with E-state index < -0.39 is 46.6 Å². The first-order valence-electron chi connectivity index (χ1n) is 10.4. The Morgan fingerprint density at radius 2 is 1.94 bits per heavy atom. The molecule has 4 rings (SSSR count). The minimum absolute atomic E-state index is 0.0914. The second-order valence-electron chi connectivity index (χ2n) is 8.02. The number of anilines is 1. The molecule has 13 heteroatoms. The van der Waals surface area contributed by atoms with Gasteiger partial charge in [-0.15, -0.1) is 11.3 Å². The van der Waals surface area contributed by atoms with Crippen LogP contribution in [0.15, 0.2) is 29.2 Å². The number of amides is 2. The number of aliphatic hydroxyl groups excluding tert-OH is 1. The van der Waals surface area contributed by atoms with Crippen molar-refractivity contribution in [3.63, 3.8) is 0 Å². The number of primary amides is 1. The van der Waals surface area contributed by atoms with Crippen molar-refractivity contribution in [2.45, 2.75) is 42.7 Å². The first-order chi connectivity index (χ1) is 16.1. The average Bonchev–Trinajstić information content (AvgIpc) is 3.46. The quantitative estimate of drug-likeness (QED) is 0.458. The molecule has 1 saturated heterocycles. The number of rotatable bonds is 7. The number of halogens is 1. The Morgan fingerprint density at radius 3 is 2.62 bits per heavy atom. The molecule has 0 spiro atoms. The lowest BCUT2D eigenvalue weighted by molar-refractivity contribution is -0.150. The van der Waals surface area contributed by atoms with Gasteiger partial charge in [0, 0.05) is 22.9 Å². The fourth-order valence-electron chi connectivity index (χ4n) is 4.15. The van der Waals surface area contributed by atoms with Gasteiger partial charge >= 0.3 is 5.97 Å². The molecule has 2 aromatic rings. The first kappa shape index (κ1) is 24.6. The minimum atomic E-state index is -4.12. The van der Waals surface area contributed by atoms with Crippen LogP contribution in [0.5, 0.6) is 0 Å². The molecule has 4 N–H and O–H groups in total. The number of fused-ring (bicyclic) bond motifs is 1. The van der Waals surface area contributed by atoms with Gasteiger partial charge in [0.05, 0.1) is 16.6 Å². The highest BCUT2D eigenvalue weighted by Crippen LogP contribution is 2.38. The number of benzene rings is 1. The lowest BCUT2D eigenvalue weighted by Gasteiger charge is -2.22. The molecule has 1 aromatic heterocycles. The number of esters is 1. The standard InChI is InChI=1S/C21H22ClN3O7S2/c22-11-4-6-13(7-5-11)34(30,31)25-9-12(26)8-15(25)21(29)32-10-17(27)24-20-18(19(23)28)14-2-1-3-16(14)33-20/h4-7,12,15,26H,1-3,8-10H2,(H2,23,28)(H,24,27). The number of thiophene rings is 1. The van der Waals surface area contributed by atoms with Gasteiger partial charge in [0.1, 0.15) is 11.0 Å². The normalized spacial score (nSPS) is 20.2. The molecule has 0 saturated carbocycles. The number of carbonyl (C=O) groups excluding carboxylic acids is 3.